The Bertz CT molecular complexity index is 1120. The number of hydrogen-bond donors (Lipinski definition) is 0. The van der Waals surface area contributed by atoms with Gasteiger partial charge in [-0.3, -0.25) is 0 Å². The van der Waals surface area contributed by atoms with E-state index in [1.54, 1.807) is 24.2 Å². The number of rotatable bonds is 0. The molecule has 0 aromatic heterocycles. The Morgan fingerprint density at radius 2 is 1.07 bits per heavy atom. The zero-order chi connectivity index (χ0) is 19.2. The average molecular weight is 464 g/mol. The summed E-state index contributed by atoms with van der Waals surface area (Å²) in [5, 5.41) is 8.12. The van der Waals surface area contributed by atoms with E-state index in [2.05, 4.69) is 112 Å². The Labute approximate surface area is 188 Å². The van der Waals surface area contributed by atoms with Gasteiger partial charge >= 0.3 is 41.3 Å². The second kappa shape index (κ2) is 10.7. The second-order valence-corrected chi connectivity index (χ2v) is 9.38. The first-order valence-corrected chi connectivity index (χ1v) is 10.4. The SMILES string of the molecule is C[C](C)=[Zr+2].Cc1c[cH-]c2ccccc12.Cl.c1ccc2c(c1)[cH-]c1ccccc12. The molecule has 5 aromatic rings. The molecule has 0 saturated heterocycles. The van der Waals surface area contributed by atoms with Crippen molar-refractivity contribution >= 4 is 47.9 Å². The van der Waals surface area contributed by atoms with Crippen LogP contribution in [0.25, 0.3) is 32.3 Å². The normalized spacial score (nSPS) is 9.89. The zero-order valence-corrected chi connectivity index (χ0v) is 19.8. The van der Waals surface area contributed by atoms with Crippen LogP contribution >= 0.6 is 12.4 Å². The molecular weight excluding hydrogens is 439 g/mol. The molecule has 0 aliphatic heterocycles. The van der Waals surface area contributed by atoms with Gasteiger partial charge in [0.15, 0.2) is 0 Å². The molecule has 0 fully saturated rings. The molecule has 5 aromatic carbocycles. The number of benzene rings is 3. The maximum atomic E-state index is 2.24. The molecule has 140 valence electrons. The predicted molar refractivity (Wildman–Crippen MR) is 125 cm³/mol. The Morgan fingerprint density at radius 3 is 1.54 bits per heavy atom. The molecule has 0 saturated carbocycles. The van der Waals surface area contributed by atoms with Crippen molar-refractivity contribution in [2.45, 2.75) is 20.8 Å². The topological polar surface area (TPSA) is 0 Å². The van der Waals surface area contributed by atoms with Crippen LogP contribution in [0.1, 0.15) is 19.4 Å². The van der Waals surface area contributed by atoms with Crippen molar-refractivity contribution in [2.24, 2.45) is 0 Å². The summed E-state index contributed by atoms with van der Waals surface area (Å²) < 4.78 is 1.51. The summed E-state index contributed by atoms with van der Waals surface area (Å²) in [7, 11) is 0. The summed E-state index contributed by atoms with van der Waals surface area (Å²) in [4.78, 5) is 0. The Morgan fingerprint density at radius 1 is 0.679 bits per heavy atom. The van der Waals surface area contributed by atoms with Crippen molar-refractivity contribution in [3.8, 4) is 0 Å². The van der Waals surface area contributed by atoms with Gasteiger partial charge in [0.2, 0.25) is 0 Å². The molecule has 0 amide bonds. The molecule has 0 unspecified atom stereocenters. The van der Waals surface area contributed by atoms with Gasteiger partial charge in [-0.1, -0.05) is 49.4 Å². The molecule has 0 aliphatic rings. The van der Waals surface area contributed by atoms with Gasteiger partial charge in [0, 0.05) is 0 Å². The number of halogens is 1. The molecule has 0 atom stereocenters. The Balaban J connectivity index is 0.000000168. The van der Waals surface area contributed by atoms with Crippen molar-refractivity contribution in [1.29, 1.82) is 0 Å². The van der Waals surface area contributed by atoms with E-state index in [0.29, 0.717) is 0 Å². The van der Waals surface area contributed by atoms with E-state index in [9.17, 15) is 0 Å². The van der Waals surface area contributed by atoms with Gasteiger partial charge in [-0.05, 0) is 0 Å². The summed E-state index contributed by atoms with van der Waals surface area (Å²) >= 11 is 1.55. The van der Waals surface area contributed by atoms with Gasteiger partial charge in [-0.15, -0.1) is 87.2 Å². The van der Waals surface area contributed by atoms with E-state index in [1.807, 2.05) is 0 Å². The first kappa shape index (κ1) is 22.5. The molecule has 2 heteroatoms. The van der Waals surface area contributed by atoms with Crippen molar-refractivity contribution in [3.63, 3.8) is 0 Å². The summed E-state index contributed by atoms with van der Waals surface area (Å²) in [6.07, 6.45) is 0. The van der Waals surface area contributed by atoms with E-state index in [1.165, 1.54) is 41.1 Å². The minimum absolute atomic E-state index is 0. The van der Waals surface area contributed by atoms with Crippen LogP contribution in [0, 0.1) is 6.92 Å². The summed E-state index contributed by atoms with van der Waals surface area (Å²) in [5.74, 6) is 0. The maximum Gasteiger partial charge on any atom is -0.0771 e. The average Bonchev–Trinajstić information content (AvgIpc) is 3.23. The molecule has 28 heavy (non-hydrogen) atoms. The summed E-state index contributed by atoms with van der Waals surface area (Å²) in [6, 6.07) is 32.0. The fraction of sp³-hybridized carbons (Fsp3) is 0.115. The van der Waals surface area contributed by atoms with Crippen molar-refractivity contribution < 1.29 is 24.2 Å². The minimum atomic E-state index is 0. The summed E-state index contributed by atoms with van der Waals surface area (Å²) in [5.41, 5.74) is 1.37. The van der Waals surface area contributed by atoms with E-state index < -0.39 is 0 Å². The molecule has 0 spiro atoms. The first-order chi connectivity index (χ1) is 13.1. The van der Waals surface area contributed by atoms with Gasteiger partial charge in [0.25, 0.3) is 0 Å². The van der Waals surface area contributed by atoms with E-state index in [0.717, 1.165) is 0 Å². The van der Waals surface area contributed by atoms with Gasteiger partial charge in [-0.2, -0.15) is 11.6 Å². The smallest absolute Gasteiger partial charge is 0.0771 e. The molecule has 0 aliphatic carbocycles. The van der Waals surface area contributed by atoms with E-state index in [4.69, 9.17) is 0 Å². The monoisotopic (exact) mass is 462 g/mol. The van der Waals surface area contributed by atoms with E-state index >= 15 is 0 Å². The van der Waals surface area contributed by atoms with Crippen LogP contribution in [0.3, 0.4) is 0 Å². The molecule has 0 nitrogen and oxygen atoms in total. The first-order valence-electron chi connectivity index (χ1n) is 9.22. The van der Waals surface area contributed by atoms with Crippen LogP contribution in [0.5, 0.6) is 0 Å². The van der Waals surface area contributed by atoms with Crippen LogP contribution in [0.15, 0.2) is 91.0 Å². The third kappa shape index (κ3) is 5.60. The van der Waals surface area contributed by atoms with Crippen molar-refractivity contribution in [2.75, 3.05) is 0 Å². The van der Waals surface area contributed by atoms with Crippen LogP contribution in [0.2, 0.25) is 0 Å². The molecule has 0 heterocycles. The van der Waals surface area contributed by atoms with E-state index in [-0.39, 0.29) is 12.4 Å². The molecule has 0 bridgehead atoms. The predicted octanol–water partition coefficient (Wildman–Crippen LogP) is 7.75. The number of aryl methyl sites for hydroxylation is 1. The largest absolute Gasteiger partial charge is 0.156 e. The standard InChI is InChI=1S/C13H9.C10H9.C3H6.ClH.Zr/c1-3-7-12-10(5-1)9-11-6-2-4-8-13(11)12;1-8-6-7-9-4-2-3-5-10(8)9;1-3-2;;/h1-9H;2-7H,1H3;1-2H3;1H;/q2*-1;;;+2. The number of fused-ring (bicyclic) bond motifs is 4. The molecular formula is C26H25ClZr. The van der Waals surface area contributed by atoms with Crippen LogP contribution in [-0.4, -0.2) is 3.21 Å². The third-order valence-corrected chi connectivity index (χ3v) is 4.42. The van der Waals surface area contributed by atoms with Gasteiger partial charge in [0.1, 0.15) is 0 Å². The second-order valence-electron chi connectivity index (χ2n) is 6.92. The molecule has 5 rings (SSSR count). The van der Waals surface area contributed by atoms with Gasteiger partial charge in [0.05, 0.1) is 0 Å². The number of hydrogen-bond acceptors (Lipinski definition) is 0. The van der Waals surface area contributed by atoms with Crippen molar-refractivity contribution in [1.82, 2.24) is 0 Å². The molecule has 0 radical (unpaired) electrons. The fourth-order valence-corrected chi connectivity index (χ4v) is 3.21. The fourth-order valence-electron chi connectivity index (χ4n) is 3.21. The maximum absolute atomic E-state index is 2.24. The quantitative estimate of drug-likeness (QED) is 0.206. The van der Waals surface area contributed by atoms with Crippen LogP contribution < -0.4 is 0 Å². The molecule has 0 N–H and O–H groups in total. The minimum Gasteiger partial charge on any atom is -0.156 e. The Hall–Kier alpha value is -1.82. The van der Waals surface area contributed by atoms with Gasteiger partial charge in [-0.25, -0.2) is 0 Å². The summed E-state index contributed by atoms with van der Waals surface area (Å²) in [6.45, 7) is 6.39. The van der Waals surface area contributed by atoms with Crippen LogP contribution in [-0.2, 0) is 24.2 Å². The van der Waals surface area contributed by atoms with Crippen molar-refractivity contribution in [3.05, 3.63) is 96.6 Å². The Kier molecular flexibility index (Phi) is 8.55. The third-order valence-electron chi connectivity index (χ3n) is 4.42. The van der Waals surface area contributed by atoms with Gasteiger partial charge < -0.3 is 0 Å². The zero-order valence-electron chi connectivity index (χ0n) is 16.6. The van der Waals surface area contributed by atoms with Crippen LogP contribution in [0.4, 0.5) is 0 Å².